The zero-order chi connectivity index (χ0) is 14.5. The van der Waals surface area contributed by atoms with Crippen LogP contribution < -0.4 is 0 Å². The number of hydrogen-bond acceptors (Lipinski definition) is 4. The molecule has 3 rings (SSSR count). The number of alkyl halides is 1. The fraction of sp³-hybridized carbons (Fsp3) is 0.538. The molecule has 0 aliphatic carbocycles. The molecule has 7 heteroatoms. The van der Waals surface area contributed by atoms with E-state index in [9.17, 15) is 8.42 Å². The second-order valence-corrected chi connectivity index (χ2v) is 8.25. The molecule has 0 amide bonds. The quantitative estimate of drug-likeness (QED) is 0.799. The first kappa shape index (κ1) is 13.8. The summed E-state index contributed by atoms with van der Waals surface area (Å²) in [5, 5.41) is -0.284. The minimum Gasteiger partial charge on any atom is -0.307 e. The van der Waals surface area contributed by atoms with Crippen LogP contribution in [-0.2, 0) is 9.84 Å². The molecular formula is C13H16ClN3O2S. The van der Waals surface area contributed by atoms with Crippen LogP contribution in [0, 0.1) is 6.92 Å². The average molecular weight is 314 g/mol. The van der Waals surface area contributed by atoms with Gasteiger partial charge in [0.25, 0.3) is 0 Å². The summed E-state index contributed by atoms with van der Waals surface area (Å²) >= 11 is 6.21. The molecule has 0 aromatic carbocycles. The zero-order valence-electron chi connectivity index (χ0n) is 11.4. The first-order chi connectivity index (χ1) is 9.37. The normalized spacial score (nSPS) is 23.2. The maximum absolute atomic E-state index is 11.7. The van der Waals surface area contributed by atoms with E-state index in [4.69, 9.17) is 11.6 Å². The summed E-state index contributed by atoms with van der Waals surface area (Å²) in [7, 11) is -2.96. The van der Waals surface area contributed by atoms with Gasteiger partial charge in [-0.1, -0.05) is 0 Å². The molecule has 1 aliphatic rings. The highest BCUT2D eigenvalue weighted by atomic mass is 35.5. The van der Waals surface area contributed by atoms with Crippen LogP contribution in [-0.4, -0.2) is 34.5 Å². The lowest BCUT2D eigenvalue weighted by molar-refractivity contribution is 0.542. The Kier molecular flexibility index (Phi) is 3.25. The van der Waals surface area contributed by atoms with E-state index in [0.29, 0.717) is 12.2 Å². The second kappa shape index (κ2) is 4.70. The van der Waals surface area contributed by atoms with E-state index in [1.54, 1.807) is 6.20 Å². The van der Waals surface area contributed by atoms with E-state index in [1.807, 2.05) is 24.5 Å². The Labute approximate surface area is 122 Å². The van der Waals surface area contributed by atoms with Gasteiger partial charge in [0.2, 0.25) is 0 Å². The van der Waals surface area contributed by atoms with Crippen LogP contribution in [0.3, 0.4) is 0 Å². The van der Waals surface area contributed by atoms with Gasteiger partial charge in [0.05, 0.1) is 22.9 Å². The third-order valence-electron chi connectivity index (χ3n) is 3.62. The maximum atomic E-state index is 11.7. The summed E-state index contributed by atoms with van der Waals surface area (Å²) in [6, 6.07) is 1.84. The number of halogens is 1. The van der Waals surface area contributed by atoms with Crippen LogP contribution in [0.1, 0.15) is 36.2 Å². The molecule has 1 saturated heterocycles. The second-order valence-electron chi connectivity index (χ2n) is 5.37. The van der Waals surface area contributed by atoms with Crippen molar-refractivity contribution in [1.29, 1.82) is 0 Å². The number of imidazole rings is 1. The number of nitrogens with zero attached hydrogens (tertiary/aromatic N) is 3. The maximum Gasteiger partial charge on any atom is 0.160 e. The minimum atomic E-state index is -2.96. The smallest absolute Gasteiger partial charge is 0.160 e. The molecule has 3 heterocycles. The Morgan fingerprint density at radius 2 is 2.25 bits per heavy atom. The molecule has 2 unspecified atom stereocenters. The predicted octanol–water partition coefficient (Wildman–Crippen LogP) is 2.40. The summed E-state index contributed by atoms with van der Waals surface area (Å²) in [6.45, 7) is 3.80. The molecule has 0 bridgehead atoms. The highest BCUT2D eigenvalue weighted by Crippen LogP contribution is 2.32. The summed E-state index contributed by atoms with van der Waals surface area (Å²) in [5.74, 6) is 1.06. The molecule has 5 nitrogen and oxygen atoms in total. The Hall–Kier alpha value is -1.14. The van der Waals surface area contributed by atoms with E-state index < -0.39 is 9.84 Å². The Bertz CT molecular complexity index is 767. The van der Waals surface area contributed by atoms with E-state index in [1.165, 1.54) is 0 Å². The summed E-state index contributed by atoms with van der Waals surface area (Å²) in [6.07, 6.45) is 2.37. The van der Waals surface area contributed by atoms with Gasteiger partial charge >= 0.3 is 0 Å². The van der Waals surface area contributed by atoms with Gasteiger partial charge in [-0.05, 0) is 31.9 Å². The van der Waals surface area contributed by atoms with Gasteiger partial charge in [-0.2, -0.15) is 0 Å². The third-order valence-corrected chi connectivity index (χ3v) is 5.57. The van der Waals surface area contributed by atoms with Crippen LogP contribution in [0.4, 0.5) is 0 Å². The third kappa shape index (κ3) is 2.31. The molecule has 108 valence electrons. The fourth-order valence-electron chi connectivity index (χ4n) is 2.72. The molecule has 0 saturated carbocycles. The first-order valence-electron chi connectivity index (χ1n) is 6.56. The SMILES string of the molecule is Cc1cnc2c(c1)nc(C(C)Cl)n2C1CCS(=O)(=O)C1. The standard InChI is InChI=1S/C13H16ClN3O2S/c1-8-5-11-13(15-6-8)17(12(16-11)9(2)14)10-3-4-20(18,19)7-10/h5-6,9-10H,3-4,7H2,1-2H3. The van der Waals surface area contributed by atoms with Crippen LogP contribution in [0.15, 0.2) is 12.3 Å². The van der Waals surface area contributed by atoms with Gasteiger partial charge in [-0.25, -0.2) is 18.4 Å². The zero-order valence-corrected chi connectivity index (χ0v) is 12.9. The molecular weight excluding hydrogens is 298 g/mol. The van der Waals surface area contributed by atoms with Crippen molar-refractivity contribution in [2.45, 2.75) is 31.7 Å². The highest BCUT2D eigenvalue weighted by molar-refractivity contribution is 7.91. The molecule has 2 atom stereocenters. The highest BCUT2D eigenvalue weighted by Gasteiger charge is 2.32. The van der Waals surface area contributed by atoms with Crippen molar-refractivity contribution in [1.82, 2.24) is 14.5 Å². The fourth-order valence-corrected chi connectivity index (χ4v) is 4.57. The van der Waals surface area contributed by atoms with Gasteiger partial charge in [0.1, 0.15) is 11.3 Å². The first-order valence-corrected chi connectivity index (χ1v) is 8.82. The van der Waals surface area contributed by atoms with Crippen LogP contribution in [0.5, 0.6) is 0 Å². The largest absolute Gasteiger partial charge is 0.307 e. The number of rotatable bonds is 2. The van der Waals surface area contributed by atoms with Crippen molar-refractivity contribution in [3.63, 3.8) is 0 Å². The summed E-state index contributed by atoms with van der Waals surface area (Å²) in [4.78, 5) is 8.96. The van der Waals surface area contributed by atoms with Crippen LogP contribution in [0.25, 0.3) is 11.2 Å². The van der Waals surface area contributed by atoms with E-state index in [2.05, 4.69) is 9.97 Å². The molecule has 1 fully saturated rings. The number of hydrogen-bond donors (Lipinski definition) is 0. The van der Waals surface area contributed by atoms with Crippen LogP contribution >= 0.6 is 11.6 Å². The average Bonchev–Trinajstić information content (AvgIpc) is 2.88. The van der Waals surface area contributed by atoms with Crippen molar-refractivity contribution < 1.29 is 8.42 Å². The lowest BCUT2D eigenvalue weighted by atomic mass is 10.2. The minimum absolute atomic E-state index is 0.114. The van der Waals surface area contributed by atoms with Crippen molar-refractivity contribution >= 4 is 32.6 Å². The van der Waals surface area contributed by atoms with Gasteiger partial charge < -0.3 is 4.57 Å². The number of pyridine rings is 1. The van der Waals surface area contributed by atoms with Gasteiger partial charge in [0, 0.05) is 6.20 Å². The number of aryl methyl sites for hydroxylation is 1. The molecule has 1 aliphatic heterocycles. The molecule has 2 aromatic rings. The topological polar surface area (TPSA) is 64.8 Å². The summed E-state index contributed by atoms with van der Waals surface area (Å²) in [5.41, 5.74) is 2.52. The molecule has 20 heavy (non-hydrogen) atoms. The van der Waals surface area contributed by atoms with E-state index in [-0.39, 0.29) is 22.9 Å². The monoisotopic (exact) mass is 313 g/mol. The van der Waals surface area contributed by atoms with Gasteiger partial charge in [-0.3, -0.25) is 0 Å². The lowest BCUT2D eigenvalue weighted by Crippen LogP contribution is -2.14. The molecule has 0 spiro atoms. The number of aromatic nitrogens is 3. The van der Waals surface area contributed by atoms with Crippen molar-refractivity contribution in [3.8, 4) is 0 Å². The van der Waals surface area contributed by atoms with Gasteiger partial charge in [0.15, 0.2) is 15.5 Å². The number of sulfone groups is 1. The van der Waals surface area contributed by atoms with Crippen molar-refractivity contribution in [2.24, 2.45) is 0 Å². The van der Waals surface area contributed by atoms with E-state index >= 15 is 0 Å². The van der Waals surface area contributed by atoms with Gasteiger partial charge in [-0.15, -0.1) is 11.6 Å². The summed E-state index contributed by atoms with van der Waals surface area (Å²) < 4.78 is 25.4. The van der Waals surface area contributed by atoms with Crippen LogP contribution in [0.2, 0.25) is 0 Å². The predicted molar refractivity (Wildman–Crippen MR) is 78.8 cm³/mol. The number of fused-ring (bicyclic) bond motifs is 1. The van der Waals surface area contributed by atoms with E-state index in [0.717, 1.165) is 16.7 Å². The van der Waals surface area contributed by atoms with Crippen molar-refractivity contribution in [2.75, 3.05) is 11.5 Å². The Balaban J connectivity index is 2.19. The lowest BCUT2D eigenvalue weighted by Gasteiger charge is -2.15. The molecule has 0 radical (unpaired) electrons. The van der Waals surface area contributed by atoms with Crippen molar-refractivity contribution in [3.05, 3.63) is 23.7 Å². The molecule has 0 N–H and O–H groups in total. The Morgan fingerprint density at radius 1 is 1.50 bits per heavy atom. The Morgan fingerprint density at radius 3 is 2.85 bits per heavy atom. The molecule has 2 aromatic heterocycles.